The van der Waals surface area contributed by atoms with E-state index in [9.17, 15) is 4.79 Å². The summed E-state index contributed by atoms with van der Waals surface area (Å²) in [5.74, 6) is 0. The van der Waals surface area contributed by atoms with Gasteiger partial charge in [-0.15, -0.1) is 0 Å². The molecule has 6 rings (SSSR count). The quantitative estimate of drug-likeness (QED) is 0.0790. The molecular weight excluding hydrogens is 548 g/mol. The molecule has 0 fully saturated rings. The molecule has 0 amide bonds. The van der Waals surface area contributed by atoms with Crippen LogP contribution in [0.3, 0.4) is 0 Å². The van der Waals surface area contributed by atoms with Crippen LogP contribution in [0.25, 0.3) is 21.5 Å². The molecule has 0 aromatic heterocycles. The van der Waals surface area contributed by atoms with Crippen LogP contribution in [0.1, 0.15) is 64.5 Å². The van der Waals surface area contributed by atoms with Gasteiger partial charge in [-0.25, -0.2) is 0 Å². The Labute approximate surface area is 268 Å². The number of hydrogen-bond acceptors (Lipinski definition) is 2. The van der Waals surface area contributed by atoms with Crippen LogP contribution in [0.5, 0.6) is 0 Å². The summed E-state index contributed by atoms with van der Waals surface area (Å²) in [6.45, 7) is 10.3. The fourth-order valence-corrected chi connectivity index (χ4v) is 7.63. The topological polar surface area (TPSA) is 23.3 Å². The maximum Gasteiger partial charge on any atom is 0.210 e. The van der Waals surface area contributed by atoms with Crippen molar-refractivity contribution in [3.63, 3.8) is 0 Å². The summed E-state index contributed by atoms with van der Waals surface area (Å²) in [5.41, 5.74) is 7.81. The van der Waals surface area contributed by atoms with E-state index in [0.29, 0.717) is 6.42 Å². The number of allylic oxidation sites excluding steroid dienone is 8. The molecule has 0 unspecified atom stereocenters. The second-order valence-corrected chi connectivity index (χ2v) is 13.4. The monoisotopic (exact) mass is 593 g/mol. The van der Waals surface area contributed by atoms with Gasteiger partial charge in [0, 0.05) is 47.5 Å². The molecule has 4 aromatic carbocycles. The van der Waals surface area contributed by atoms with Crippen molar-refractivity contribution in [3.05, 3.63) is 132 Å². The van der Waals surface area contributed by atoms with Crippen LogP contribution in [0.15, 0.2) is 121 Å². The first-order chi connectivity index (χ1) is 21.8. The SMILES string of the molecule is C[N+]1=C(/C=C/C=C/C=C/C=C2\N(CCCCCC=O)c3ccc4ccccc4c3C2(C)C)C(C)(C)c2c1ccc1ccccc21. The van der Waals surface area contributed by atoms with E-state index in [4.69, 9.17) is 0 Å². The zero-order chi connectivity index (χ0) is 31.6. The molecular formula is C42H45N2O+. The van der Waals surface area contributed by atoms with Crippen molar-refractivity contribution in [3.8, 4) is 0 Å². The van der Waals surface area contributed by atoms with Crippen molar-refractivity contribution in [2.24, 2.45) is 0 Å². The molecule has 2 aliphatic heterocycles. The molecule has 45 heavy (non-hydrogen) atoms. The normalized spacial score (nSPS) is 18.0. The van der Waals surface area contributed by atoms with Gasteiger partial charge in [0.05, 0.1) is 5.41 Å². The van der Waals surface area contributed by atoms with Crippen LogP contribution in [-0.2, 0) is 15.6 Å². The first kappa shape index (κ1) is 30.5. The lowest BCUT2D eigenvalue weighted by Crippen LogP contribution is -2.27. The second kappa shape index (κ2) is 12.5. The van der Waals surface area contributed by atoms with E-state index in [2.05, 4.69) is 160 Å². The number of carbonyl (C=O) groups excluding carboxylic acids is 1. The van der Waals surface area contributed by atoms with Crippen molar-refractivity contribution < 1.29 is 9.37 Å². The lowest BCUT2D eigenvalue weighted by molar-refractivity contribution is -0.401. The fourth-order valence-electron chi connectivity index (χ4n) is 7.63. The molecule has 0 radical (unpaired) electrons. The van der Waals surface area contributed by atoms with Crippen molar-refractivity contribution in [1.82, 2.24) is 0 Å². The lowest BCUT2D eigenvalue weighted by Gasteiger charge is -2.27. The Kier molecular flexibility index (Phi) is 8.46. The van der Waals surface area contributed by atoms with Crippen LogP contribution in [-0.4, -0.2) is 30.2 Å². The number of anilines is 1. The summed E-state index contributed by atoms with van der Waals surface area (Å²) in [4.78, 5) is 13.3. The van der Waals surface area contributed by atoms with Crippen LogP contribution >= 0.6 is 0 Å². The Morgan fingerprint density at radius 1 is 0.689 bits per heavy atom. The van der Waals surface area contributed by atoms with E-state index in [1.165, 1.54) is 55.5 Å². The van der Waals surface area contributed by atoms with Crippen molar-refractivity contribution >= 4 is 44.9 Å². The number of carbonyl (C=O) groups is 1. The molecule has 0 N–H and O–H groups in total. The predicted molar refractivity (Wildman–Crippen MR) is 192 cm³/mol. The highest BCUT2D eigenvalue weighted by molar-refractivity contribution is 6.07. The molecule has 2 heterocycles. The number of hydrogen-bond donors (Lipinski definition) is 0. The van der Waals surface area contributed by atoms with Gasteiger partial charge in [0.1, 0.15) is 13.3 Å². The first-order valence-electron chi connectivity index (χ1n) is 16.4. The summed E-state index contributed by atoms with van der Waals surface area (Å²) >= 11 is 0. The summed E-state index contributed by atoms with van der Waals surface area (Å²) in [6, 6.07) is 26.5. The third-order valence-electron chi connectivity index (χ3n) is 9.81. The van der Waals surface area contributed by atoms with Crippen LogP contribution in [0.2, 0.25) is 0 Å². The minimum absolute atomic E-state index is 0.0839. The van der Waals surface area contributed by atoms with Crippen molar-refractivity contribution in [1.29, 1.82) is 0 Å². The van der Waals surface area contributed by atoms with Gasteiger partial charge in [-0.05, 0) is 72.0 Å². The van der Waals surface area contributed by atoms with Crippen LogP contribution in [0.4, 0.5) is 11.4 Å². The number of benzene rings is 4. The Balaban J connectivity index is 1.22. The van der Waals surface area contributed by atoms with Gasteiger partial charge in [-0.3, -0.25) is 0 Å². The third kappa shape index (κ3) is 5.50. The number of nitrogens with zero attached hydrogens (tertiary/aromatic N) is 2. The first-order valence-corrected chi connectivity index (χ1v) is 16.4. The van der Waals surface area contributed by atoms with Gasteiger partial charge in [0.25, 0.3) is 0 Å². The van der Waals surface area contributed by atoms with Crippen LogP contribution < -0.4 is 4.90 Å². The maximum absolute atomic E-state index is 10.8. The molecule has 228 valence electrons. The molecule has 0 aliphatic carbocycles. The number of rotatable bonds is 10. The molecule has 0 bridgehead atoms. The highest BCUT2D eigenvalue weighted by Gasteiger charge is 2.44. The zero-order valence-corrected chi connectivity index (χ0v) is 27.4. The van der Waals surface area contributed by atoms with E-state index < -0.39 is 0 Å². The number of aldehydes is 1. The smallest absolute Gasteiger partial charge is 0.210 e. The maximum atomic E-state index is 10.8. The highest BCUT2D eigenvalue weighted by atomic mass is 16.1. The van der Waals surface area contributed by atoms with Crippen molar-refractivity contribution in [2.75, 3.05) is 18.5 Å². The Morgan fingerprint density at radius 2 is 1.33 bits per heavy atom. The Hall–Kier alpha value is -4.50. The van der Waals surface area contributed by atoms with Gasteiger partial charge in [-0.1, -0.05) is 105 Å². The summed E-state index contributed by atoms with van der Waals surface area (Å²) < 4.78 is 2.34. The zero-order valence-electron chi connectivity index (χ0n) is 27.4. The second-order valence-electron chi connectivity index (χ2n) is 13.4. The molecule has 0 spiro atoms. The van der Waals surface area contributed by atoms with E-state index in [0.717, 1.165) is 32.1 Å². The van der Waals surface area contributed by atoms with Gasteiger partial charge in [-0.2, -0.15) is 4.58 Å². The van der Waals surface area contributed by atoms with E-state index in [1.807, 2.05) is 0 Å². The summed E-state index contributed by atoms with van der Waals surface area (Å²) in [5, 5.41) is 5.24. The largest absolute Gasteiger partial charge is 0.344 e. The minimum atomic E-state index is -0.124. The summed E-state index contributed by atoms with van der Waals surface area (Å²) in [7, 11) is 2.18. The molecule has 4 aromatic rings. The standard InChI is InChI=1S/C42H45N2O/c1-41(2)37(43(5)35-27-25-31-19-13-15-21-33(31)39(35)41)23-11-7-6-8-12-24-38-42(3,4)40-34-22-16-14-20-32(34)26-28-36(40)44(38)29-17-9-10-18-30-45/h6-8,11-16,19-28,30H,9-10,17-18,29H2,1-5H3/q+1. The average molecular weight is 594 g/mol. The molecule has 0 saturated carbocycles. The Bertz CT molecular complexity index is 1910. The lowest BCUT2D eigenvalue weighted by atomic mass is 9.79. The minimum Gasteiger partial charge on any atom is -0.344 e. The number of unbranched alkanes of at least 4 members (excludes halogenated alkanes) is 3. The van der Waals surface area contributed by atoms with Gasteiger partial charge < -0.3 is 9.69 Å². The summed E-state index contributed by atoms with van der Waals surface area (Å²) in [6.07, 6.45) is 20.0. The molecule has 0 atom stereocenters. The van der Waals surface area contributed by atoms with E-state index in [-0.39, 0.29) is 10.8 Å². The highest BCUT2D eigenvalue weighted by Crippen LogP contribution is 2.51. The van der Waals surface area contributed by atoms with Crippen molar-refractivity contribution in [2.45, 2.75) is 64.2 Å². The number of fused-ring (bicyclic) bond motifs is 6. The van der Waals surface area contributed by atoms with Crippen LogP contribution in [0, 0.1) is 0 Å². The third-order valence-corrected chi connectivity index (χ3v) is 9.81. The predicted octanol–water partition coefficient (Wildman–Crippen LogP) is 10.1. The van der Waals surface area contributed by atoms with Gasteiger partial charge >= 0.3 is 0 Å². The fraction of sp³-hybridized carbons (Fsp3) is 0.286. The molecule has 3 nitrogen and oxygen atoms in total. The average Bonchev–Trinajstić information content (AvgIpc) is 3.38. The Morgan fingerprint density at radius 3 is 2.07 bits per heavy atom. The van der Waals surface area contributed by atoms with E-state index >= 15 is 0 Å². The molecule has 3 heteroatoms. The molecule has 2 aliphatic rings. The van der Waals surface area contributed by atoms with Gasteiger partial charge in [0.2, 0.25) is 5.69 Å². The van der Waals surface area contributed by atoms with E-state index in [1.54, 1.807) is 0 Å². The molecule has 0 saturated heterocycles. The van der Waals surface area contributed by atoms with Gasteiger partial charge in [0.15, 0.2) is 5.71 Å².